The van der Waals surface area contributed by atoms with Crippen molar-refractivity contribution >= 4 is 23.6 Å². The van der Waals surface area contributed by atoms with Crippen LogP contribution in [0.15, 0.2) is 36.0 Å². The zero-order valence-electron chi connectivity index (χ0n) is 9.92. The molecule has 2 N–H and O–H groups in total. The molecule has 1 rings (SSSR count). The van der Waals surface area contributed by atoms with E-state index in [2.05, 4.69) is 16.9 Å². The Morgan fingerprint density at radius 2 is 2.39 bits per heavy atom. The number of hydrogen-bond acceptors (Lipinski definition) is 4. The van der Waals surface area contributed by atoms with E-state index in [1.807, 2.05) is 0 Å². The fraction of sp³-hybridized carbons (Fsp3) is 0.250. The first kappa shape index (κ1) is 14.2. The molecule has 96 valence electrons. The highest BCUT2D eigenvalue weighted by Gasteiger charge is 2.20. The number of rotatable bonds is 6. The van der Waals surface area contributed by atoms with Crippen LogP contribution >= 0.6 is 11.8 Å². The van der Waals surface area contributed by atoms with Crippen molar-refractivity contribution in [3.63, 3.8) is 0 Å². The summed E-state index contributed by atoms with van der Waals surface area (Å²) in [6.07, 6.45) is 5.02. The van der Waals surface area contributed by atoms with Gasteiger partial charge in [-0.15, -0.1) is 18.3 Å². The normalized spacial score (nSPS) is 11.6. The smallest absolute Gasteiger partial charge is 0.326 e. The van der Waals surface area contributed by atoms with Gasteiger partial charge in [-0.05, 0) is 24.8 Å². The summed E-state index contributed by atoms with van der Waals surface area (Å²) in [6.45, 7) is 3.47. The molecule has 0 fully saturated rings. The topological polar surface area (TPSA) is 79.3 Å². The SMILES string of the molecule is C=CCC(NC(=O)c1cccnc1SC)C(=O)O. The molecule has 0 radical (unpaired) electrons. The van der Waals surface area contributed by atoms with Crippen LogP contribution in [0.1, 0.15) is 16.8 Å². The van der Waals surface area contributed by atoms with Crippen molar-refractivity contribution in [1.82, 2.24) is 10.3 Å². The number of amides is 1. The van der Waals surface area contributed by atoms with Gasteiger partial charge in [0.05, 0.1) is 5.56 Å². The highest BCUT2D eigenvalue weighted by Crippen LogP contribution is 2.16. The molecule has 1 amide bonds. The van der Waals surface area contributed by atoms with Crippen LogP contribution in [0.5, 0.6) is 0 Å². The Bertz CT molecular complexity index is 462. The third kappa shape index (κ3) is 3.59. The van der Waals surface area contributed by atoms with E-state index in [-0.39, 0.29) is 6.42 Å². The van der Waals surface area contributed by atoms with Gasteiger partial charge in [-0.3, -0.25) is 4.79 Å². The van der Waals surface area contributed by atoms with Crippen LogP contribution in [0.25, 0.3) is 0 Å². The molecule has 0 bridgehead atoms. The van der Waals surface area contributed by atoms with Crippen molar-refractivity contribution in [2.24, 2.45) is 0 Å². The molecule has 1 aromatic heterocycles. The number of carboxylic acids is 1. The summed E-state index contributed by atoms with van der Waals surface area (Å²) in [5.74, 6) is -1.53. The summed E-state index contributed by atoms with van der Waals surface area (Å²) in [5.41, 5.74) is 0.375. The first-order chi connectivity index (χ1) is 8.60. The van der Waals surface area contributed by atoms with Gasteiger partial charge < -0.3 is 10.4 Å². The maximum Gasteiger partial charge on any atom is 0.326 e. The van der Waals surface area contributed by atoms with E-state index in [1.54, 1.807) is 24.6 Å². The van der Waals surface area contributed by atoms with Crippen molar-refractivity contribution < 1.29 is 14.7 Å². The summed E-state index contributed by atoms with van der Waals surface area (Å²) >= 11 is 1.33. The number of aromatic nitrogens is 1. The van der Waals surface area contributed by atoms with Crippen LogP contribution in [-0.2, 0) is 4.79 Å². The first-order valence-corrected chi connectivity index (χ1v) is 6.46. The number of nitrogens with one attached hydrogen (secondary N) is 1. The Morgan fingerprint density at radius 3 is 2.94 bits per heavy atom. The quantitative estimate of drug-likeness (QED) is 0.603. The van der Waals surface area contributed by atoms with Crippen molar-refractivity contribution in [2.45, 2.75) is 17.5 Å². The molecule has 0 spiro atoms. The lowest BCUT2D eigenvalue weighted by Crippen LogP contribution is -2.40. The molecular weight excluding hydrogens is 252 g/mol. The Kier molecular flexibility index (Phi) is 5.38. The number of carbonyl (C=O) groups excluding carboxylic acids is 1. The molecule has 1 unspecified atom stereocenters. The van der Waals surface area contributed by atoms with Gasteiger partial charge in [0.25, 0.3) is 5.91 Å². The number of nitrogens with zero attached hydrogens (tertiary/aromatic N) is 1. The molecule has 0 aromatic carbocycles. The van der Waals surface area contributed by atoms with Gasteiger partial charge in [0.1, 0.15) is 11.1 Å². The minimum absolute atomic E-state index is 0.177. The van der Waals surface area contributed by atoms with E-state index >= 15 is 0 Å². The molecule has 5 nitrogen and oxygen atoms in total. The van der Waals surface area contributed by atoms with Gasteiger partial charge in [0.2, 0.25) is 0 Å². The van der Waals surface area contributed by atoms with Crippen LogP contribution in [0.4, 0.5) is 0 Å². The largest absolute Gasteiger partial charge is 0.480 e. The molecule has 18 heavy (non-hydrogen) atoms. The second kappa shape index (κ2) is 6.80. The average Bonchev–Trinajstić information content (AvgIpc) is 2.37. The lowest BCUT2D eigenvalue weighted by Gasteiger charge is -2.13. The van der Waals surface area contributed by atoms with Gasteiger partial charge in [-0.2, -0.15) is 0 Å². The minimum Gasteiger partial charge on any atom is -0.480 e. The van der Waals surface area contributed by atoms with Gasteiger partial charge in [-0.1, -0.05) is 6.08 Å². The molecular formula is C12H14N2O3S. The molecule has 1 aromatic rings. The summed E-state index contributed by atoms with van der Waals surface area (Å²) in [4.78, 5) is 26.9. The van der Waals surface area contributed by atoms with Crippen molar-refractivity contribution in [2.75, 3.05) is 6.26 Å². The zero-order chi connectivity index (χ0) is 13.5. The predicted octanol–water partition coefficient (Wildman–Crippen LogP) is 1.56. The summed E-state index contributed by atoms with van der Waals surface area (Å²) in [6, 6.07) is 2.28. The maximum atomic E-state index is 12.0. The fourth-order valence-electron chi connectivity index (χ4n) is 1.35. The van der Waals surface area contributed by atoms with Crippen LogP contribution < -0.4 is 5.32 Å². The van der Waals surface area contributed by atoms with Gasteiger partial charge in [0.15, 0.2) is 0 Å². The number of hydrogen-bond donors (Lipinski definition) is 2. The van der Waals surface area contributed by atoms with Crippen LogP contribution in [0.2, 0.25) is 0 Å². The van der Waals surface area contributed by atoms with E-state index in [1.165, 1.54) is 17.8 Å². The van der Waals surface area contributed by atoms with E-state index in [0.29, 0.717) is 10.6 Å². The van der Waals surface area contributed by atoms with E-state index in [9.17, 15) is 9.59 Å². The number of pyridine rings is 1. The van der Waals surface area contributed by atoms with Crippen LogP contribution in [-0.4, -0.2) is 34.3 Å². The monoisotopic (exact) mass is 266 g/mol. The highest BCUT2D eigenvalue weighted by molar-refractivity contribution is 7.98. The number of carboxylic acid groups (broad SMARTS) is 1. The fourth-order valence-corrected chi connectivity index (χ4v) is 1.90. The average molecular weight is 266 g/mol. The Morgan fingerprint density at radius 1 is 1.67 bits per heavy atom. The van der Waals surface area contributed by atoms with E-state index in [4.69, 9.17) is 5.11 Å². The van der Waals surface area contributed by atoms with Gasteiger partial charge in [-0.25, -0.2) is 9.78 Å². The lowest BCUT2D eigenvalue weighted by molar-refractivity contribution is -0.139. The molecule has 0 aliphatic carbocycles. The second-order valence-corrected chi connectivity index (χ2v) is 4.24. The summed E-state index contributed by atoms with van der Waals surface area (Å²) in [7, 11) is 0. The van der Waals surface area contributed by atoms with Crippen LogP contribution in [0.3, 0.4) is 0 Å². The van der Waals surface area contributed by atoms with Crippen LogP contribution in [0, 0.1) is 0 Å². The number of aliphatic carboxylic acids is 1. The molecule has 6 heteroatoms. The van der Waals surface area contributed by atoms with Crippen molar-refractivity contribution in [3.8, 4) is 0 Å². The second-order valence-electron chi connectivity index (χ2n) is 3.45. The van der Waals surface area contributed by atoms with Gasteiger partial charge >= 0.3 is 5.97 Å². The summed E-state index contributed by atoms with van der Waals surface area (Å²) < 4.78 is 0. The molecule has 0 aliphatic rings. The Balaban J connectivity index is 2.86. The third-order valence-corrected chi connectivity index (χ3v) is 2.93. The number of thioether (sulfide) groups is 1. The van der Waals surface area contributed by atoms with Crippen molar-refractivity contribution in [3.05, 3.63) is 36.5 Å². The Hall–Kier alpha value is -1.82. The lowest BCUT2D eigenvalue weighted by atomic mass is 10.2. The summed E-state index contributed by atoms with van der Waals surface area (Å²) in [5, 5.41) is 12.0. The zero-order valence-corrected chi connectivity index (χ0v) is 10.7. The minimum atomic E-state index is -1.09. The Labute approximate surface area is 109 Å². The number of carbonyl (C=O) groups is 2. The highest BCUT2D eigenvalue weighted by atomic mass is 32.2. The maximum absolute atomic E-state index is 12.0. The van der Waals surface area contributed by atoms with E-state index in [0.717, 1.165) is 0 Å². The standard InChI is InChI=1S/C12H14N2O3S/c1-3-5-9(12(16)17)14-10(15)8-6-4-7-13-11(8)18-2/h3-4,6-7,9H,1,5H2,2H3,(H,14,15)(H,16,17). The third-order valence-electron chi connectivity index (χ3n) is 2.21. The van der Waals surface area contributed by atoms with Gasteiger partial charge in [0, 0.05) is 6.20 Å². The molecule has 0 saturated carbocycles. The predicted molar refractivity (Wildman–Crippen MR) is 69.7 cm³/mol. The molecule has 0 saturated heterocycles. The molecule has 0 aliphatic heterocycles. The molecule has 1 atom stereocenters. The molecule has 1 heterocycles. The first-order valence-electron chi connectivity index (χ1n) is 5.23. The van der Waals surface area contributed by atoms with Crippen molar-refractivity contribution in [1.29, 1.82) is 0 Å². The van der Waals surface area contributed by atoms with E-state index < -0.39 is 17.9 Å².